The third kappa shape index (κ3) is 5.47. The molecular weight excluding hydrogens is 434 g/mol. The molecule has 0 bridgehead atoms. The van der Waals surface area contributed by atoms with Crippen molar-refractivity contribution >= 4 is 27.5 Å². The molecule has 168 valence electrons. The third-order valence-electron chi connectivity index (χ3n) is 5.77. The van der Waals surface area contributed by atoms with E-state index in [9.17, 15) is 13.2 Å². The van der Waals surface area contributed by atoms with Gasteiger partial charge < -0.3 is 5.32 Å². The maximum absolute atomic E-state index is 12.9. The first kappa shape index (κ1) is 23.7. The molecule has 1 N–H and O–H groups in total. The highest BCUT2D eigenvalue weighted by Gasteiger charge is 2.28. The number of rotatable bonds is 9. The Morgan fingerprint density at radius 1 is 1.10 bits per heavy atom. The van der Waals surface area contributed by atoms with Crippen LogP contribution in [-0.4, -0.2) is 56.3 Å². The van der Waals surface area contributed by atoms with Crippen LogP contribution in [0.15, 0.2) is 53.4 Å². The van der Waals surface area contributed by atoms with E-state index >= 15 is 0 Å². The molecule has 3 rings (SSSR count). The van der Waals surface area contributed by atoms with Gasteiger partial charge in [0.15, 0.2) is 0 Å². The average molecular weight is 464 g/mol. The van der Waals surface area contributed by atoms with Gasteiger partial charge in [-0.05, 0) is 55.8 Å². The van der Waals surface area contributed by atoms with Crippen molar-refractivity contribution in [2.75, 3.05) is 32.7 Å². The normalized spacial score (nSPS) is 15.9. The number of carbonyl (C=O) groups is 1. The summed E-state index contributed by atoms with van der Waals surface area (Å²) in [5, 5.41) is 3.63. The highest BCUT2D eigenvalue weighted by molar-refractivity contribution is 7.89. The Bertz CT molecular complexity index is 1000. The molecule has 1 amide bonds. The molecule has 0 saturated carbocycles. The topological polar surface area (TPSA) is 69.7 Å². The molecule has 31 heavy (non-hydrogen) atoms. The maximum atomic E-state index is 12.9. The van der Waals surface area contributed by atoms with Gasteiger partial charge in [-0.1, -0.05) is 49.7 Å². The fourth-order valence-electron chi connectivity index (χ4n) is 4.01. The zero-order valence-corrected chi connectivity index (χ0v) is 19.6. The maximum Gasteiger partial charge on any atom is 0.251 e. The lowest BCUT2D eigenvalue weighted by Crippen LogP contribution is -2.38. The number of nitrogens with one attached hydrogen (secondary N) is 1. The van der Waals surface area contributed by atoms with E-state index in [1.54, 1.807) is 18.2 Å². The van der Waals surface area contributed by atoms with Crippen LogP contribution in [-0.2, 0) is 10.0 Å². The lowest BCUT2D eigenvalue weighted by molar-refractivity contribution is 0.0934. The summed E-state index contributed by atoms with van der Waals surface area (Å²) in [5.41, 5.74) is 1.29. The van der Waals surface area contributed by atoms with Crippen LogP contribution in [0.2, 0.25) is 5.02 Å². The molecule has 8 heteroatoms. The van der Waals surface area contributed by atoms with E-state index in [-0.39, 0.29) is 16.8 Å². The number of sulfonamides is 1. The van der Waals surface area contributed by atoms with Crippen molar-refractivity contribution in [2.45, 2.75) is 37.6 Å². The zero-order chi connectivity index (χ0) is 22.4. The summed E-state index contributed by atoms with van der Waals surface area (Å²) < 4.78 is 27.2. The van der Waals surface area contributed by atoms with Gasteiger partial charge in [0.2, 0.25) is 10.0 Å². The predicted octanol–water partition coefficient (Wildman–Crippen LogP) is 3.94. The zero-order valence-electron chi connectivity index (χ0n) is 18.1. The lowest BCUT2D eigenvalue weighted by Gasteiger charge is -2.31. The molecule has 0 aromatic heterocycles. The minimum atomic E-state index is -3.57. The van der Waals surface area contributed by atoms with Crippen LogP contribution < -0.4 is 5.32 Å². The van der Waals surface area contributed by atoms with Crippen molar-refractivity contribution in [1.82, 2.24) is 14.5 Å². The molecule has 6 nitrogen and oxygen atoms in total. The summed E-state index contributed by atoms with van der Waals surface area (Å²) >= 11 is 6.43. The fraction of sp³-hybridized carbons (Fsp3) is 0.435. The molecule has 0 spiro atoms. The van der Waals surface area contributed by atoms with Crippen LogP contribution in [0.25, 0.3) is 0 Å². The number of nitrogens with zero attached hydrogens (tertiary/aromatic N) is 2. The molecule has 0 radical (unpaired) electrons. The summed E-state index contributed by atoms with van der Waals surface area (Å²) in [7, 11) is -3.57. The van der Waals surface area contributed by atoms with Gasteiger partial charge in [0.1, 0.15) is 0 Å². The second kappa shape index (κ2) is 10.6. The molecule has 1 atom stereocenters. The molecule has 1 unspecified atom stereocenters. The Balaban J connectivity index is 1.78. The van der Waals surface area contributed by atoms with Crippen LogP contribution in [0.3, 0.4) is 0 Å². The summed E-state index contributed by atoms with van der Waals surface area (Å²) in [6, 6.07) is 13.8. The highest BCUT2D eigenvalue weighted by atomic mass is 35.5. The smallest absolute Gasteiger partial charge is 0.251 e. The van der Waals surface area contributed by atoms with Crippen LogP contribution in [0, 0.1) is 0 Å². The number of likely N-dealkylation sites (N-methyl/N-ethyl adjacent to an activating group) is 1. The molecule has 1 heterocycles. The van der Waals surface area contributed by atoms with Crippen molar-refractivity contribution in [3.05, 3.63) is 64.7 Å². The largest absolute Gasteiger partial charge is 0.350 e. The Hall–Kier alpha value is -1.93. The second-order valence-electron chi connectivity index (χ2n) is 7.61. The van der Waals surface area contributed by atoms with Crippen LogP contribution >= 0.6 is 11.6 Å². The SMILES string of the molecule is CCN(CC)C(CNC(=O)c1cccc(S(=O)(=O)N2CCCC2)c1)c1ccccc1Cl. The van der Waals surface area contributed by atoms with Crippen molar-refractivity contribution in [3.63, 3.8) is 0 Å². The first-order valence-corrected chi connectivity index (χ1v) is 12.6. The first-order valence-electron chi connectivity index (χ1n) is 10.7. The van der Waals surface area contributed by atoms with Crippen molar-refractivity contribution in [3.8, 4) is 0 Å². The van der Waals surface area contributed by atoms with E-state index in [0.717, 1.165) is 31.5 Å². The third-order valence-corrected chi connectivity index (χ3v) is 8.01. The summed E-state index contributed by atoms with van der Waals surface area (Å²) in [5.74, 6) is -0.303. The van der Waals surface area contributed by atoms with Crippen LogP contribution in [0.1, 0.15) is 48.7 Å². The van der Waals surface area contributed by atoms with Gasteiger partial charge in [-0.3, -0.25) is 9.69 Å². The Labute approximate surface area is 190 Å². The number of halogens is 1. The van der Waals surface area contributed by atoms with E-state index in [1.807, 2.05) is 24.3 Å². The van der Waals surface area contributed by atoms with E-state index < -0.39 is 10.0 Å². The van der Waals surface area contributed by atoms with Gasteiger partial charge in [-0.15, -0.1) is 0 Å². The average Bonchev–Trinajstić information content (AvgIpc) is 3.33. The van der Waals surface area contributed by atoms with E-state index in [1.165, 1.54) is 10.4 Å². The monoisotopic (exact) mass is 463 g/mol. The summed E-state index contributed by atoms with van der Waals surface area (Å²) in [6.07, 6.45) is 1.74. The second-order valence-corrected chi connectivity index (χ2v) is 9.95. The van der Waals surface area contributed by atoms with Crippen LogP contribution in [0.5, 0.6) is 0 Å². The van der Waals surface area contributed by atoms with E-state index in [0.29, 0.717) is 30.2 Å². The Kier molecular flexibility index (Phi) is 8.11. The molecule has 1 aliphatic rings. The molecular formula is C23H30ClN3O3S. The van der Waals surface area contributed by atoms with Gasteiger partial charge in [-0.2, -0.15) is 4.31 Å². The van der Waals surface area contributed by atoms with Gasteiger partial charge in [-0.25, -0.2) is 8.42 Å². The van der Waals surface area contributed by atoms with E-state index in [4.69, 9.17) is 11.6 Å². The fourth-order valence-corrected chi connectivity index (χ4v) is 5.84. The lowest BCUT2D eigenvalue weighted by atomic mass is 10.0. The van der Waals surface area contributed by atoms with Gasteiger partial charge in [0, 0.05) is 30.2 Å². The highest BCUT2D eigenvalue weighted by Crippen LogP contribution is 2.27. The summed E-state index contributed by atoms with van der Waals surface area (Å²) in [6.45, 7) is 7.19. The molecule has 1 saturated heterocycles. The minimum Gasteiger partial charge on any atom is -0.350 e. The van der Waals surface area contributed by atoms with Gasteiger partial charge >= 0.3 is 0 Å². The summed E-state index contributed by atoms with van der Waals surface area (Å²) in [4.78, 5) is 15.3. The Morgan fingerprint density at radius 2 is 1.77 bits per heavy atom. The van der Waals surface area contributed by atoms with Crippen LogP contribution in [0.4, 0.5) is 0 Å². The van der Waals surface area contributed by atoms with Crippen molar-refractivity contribution in [1.29, 1.82) is 0 Å². The number of benzene rings is 2. The number of hydrogen-bond donors (Lipinski definition) is 1. The van der Waals surface area contributed by atoms with Gasteiger partial charge in [0.25, 0.3) is 5.91 Å². The molecule has 2 aromatic rings. The predicted molar refractivity (Wildman–Crippen MR) is 124 cm³/mol. The minimum absolute atomic E-state index is 0.0795. The molecule has 1 aliphatic heterocycles. The quantitative estimate of drug-likeness (QED) is 0.611. The molecule has 1 fully saturated rings. The molecule has 0 aliphatic carbocycles. The standard InChI is InChI=1S/C23H30ClN3O3S/c1-3-26(4-2)22(20-12-5-6-13-21(20)24)17-25-23(28)18-10-9-11-19(16-18)31(29,30)27-14-7-8-15-27/h5-6,9-13,16,22H,3-4,7-8,14-15,17H2,1-2H3,(H,25,28). The van der Waals surface area contributed by atoms with Crippen molar-refractivity contribution in [2.24, 2.45) is 0 Å². The Morgan fingerprint density at radius 3 is 2.42 bits per heavy atom. The number of carbonyl (C=O) groups excluding carboxylic acids is 1. The number of amides is 1. The van der Waals surface area contributed by atoms with Crippen molar-refractivity contribution < 1.29 is 13.2 Å². The first-order chi connectivity index (χ1) is 14.9. The number of hydrogen-bond acceptors (Lipinski definition) is 4. The van der Waals surface area contributed by atoms with E-state index in [2.05, 4.69) is 24.1 Å². The molecule has 2 aromatic carbocycles. The van der Waals surface area contributed by atoms with Gasteiger partial charge in [0.05, 0.1) is 10.9 Å².